The first-order valence-corrected chi connectivity index (χ1v) is 14.2. The third-order valence-corrected chi connectivity index (χ3v) is 6.64. The Morgan fingerprint density at radius 2 is 0.862 bits per heavy atom. The molecule has 0 radical (unpaired) electrons. The molecule has 0 saturated heterocycles. The van der Waals surface area contributed by atoms with E-state index in [1.54, 1.807) is 0 Å². The van der Waals surface area contributed by atoms with Crippen LogP contribution in [0.15, 0.2) is 0 Å². The molecule has 1 atom stereocenters. The fourth-order valence-corrected chi connectivity index (χ4v) is 4.48. The third kappa shape index (κ3) is 25.8. The summed E-state index contributed by atoms with van der Waals surface area (Å²) in [6.45, 7) is 2.24. The van der Waals surface area contributed by atoms with Gasteiger partial charge >= 0.3 is 0 Å². The van der Waals surface area contributed by atoms with Crippen molar-refractivity contribution in [3.05, 3.63) is 0 Å². The molecule has 2 N–H and O–H groups in total. The van der Waals surface area contributed by atoms with Crippen LogP contribution in [-0.2, 0) is 10.1 Å². The van der Waals surface area contributed by atoms with Crippen LogP contribution >= 0.6 is 0 Å². The zero-order chi connectivity index (χ0) is 21.6. The number of hydrogen-bond acceptors (Lipinski definition) is 3. The minimum Gasteiger partial charge on any atom is -0.393 e. The molecule has 0 heterocycles. The van der Waals surface area contributed by atoms with Crippen molar-refractivity contribution < 1.29 is 18.1 Å². The van der Waals surface area contributed by atoms with Gasteiger partial charge in [0.25, 0.3) is 10.1 Å². The highest BCUT2D eigenvalue weighted by molar-refractivity contribution is 7.85. The van der Waals surface area contributed by atoms with Gasteiger partial charge in [-0.1, -0.05) is 122 Å². The topological polar surface area (TPSA) is 74.6 Å². The van der Waals surface area contributed by atoms with Crippen LogP contribution in [0.1, 0.15) is 142 Å². The van der Waals surface area contributed by atoms with E-state index in [0.29, 0.717) is 6.42 Å². The van der Waals surface area contributed by atoms with Gasteiger partial charge in [0.15, 0.2) is 0 Å². The molecule has 0 spiro atoms. The fourth-order valence-electron chi connectivity index (χ4n) is 3.91. The summed E-state index contributed by atoms with van der Waals surface area (Å²) in [5.41, 5.74) is 0. The van der Waals surface area contributed by atoms with Gasteiger partial charge in [0.1, 0.15) is 0 Å². The molecule has 5 heteroatoms. The summed E-state index contributed by atoms with van der Waals surface area (Å²) in [5, 5.41) is 10.0. The van der Waals surface area contributed by atoms with Gasteiger partial charge in [-0.15, -0.1) is 0 Å². The van der Waals surface area contributed by atoms with Gasteiger partial charge in [-0.05, 0) is 19.3 Å². The van der Waals surface area contributed by atoms with E-state index in [1.807, 2.05) is 0 Å². The molecular weight excluding hydrogens is 384 g/mol. The van der Waals surface area contributed by atoms with Crippen molar-refractivity contribution >= 4 is 10.1 Å². The Balaban J connectivity index is 3.15. The highest BCUT2D eigenvalue weighted by Crippen LogP contribution is 2.15. The monoisotopic (exact) mass is 434 g/mol. The Morgan fingerprint density at radius 3 is 1.21 bits per heavy atom. The van der Waals surface area contributed by atoms with Crippen molar-refractivity contribution in [2.75, 3.05) is 5.75 Å². The molecular formula is C24H50O4S. The average molecular weight is 435 g/mol. The lowest BCUT2D eigenvalue weighted by molar-refractivity contribution is 0.147. The van der Waals surface area contributed by atoms with Gasteiger partial charge in [-0.25, -0.2) is 0 Å². The molecule has 0 saturated carbocycles. The van der Waals surface area contributed by atoms with Crippen LogP contribution in [0, 0.1) is 0 Å². The molecule has 0 aliphatic carbocycles. The van der Waals surface area contributed by atoms with E-state index < -0.39 is 10.1 Å². The summed E-state index contributed by atoms with van der Waals surface area (Å²) in [6, 6.07) is 0. The number of rotatable bonds is 23. The maximum Gasteiger partial charge on any atom is 0.264 e. The van der Waals surface area contributed by atoms with E-state index in [-0.39, 0.29) is 11.9 Å². The summed E-state index contributed by atoms with van der Waals surface area (Å²) in [5.74, 6) is -0.0906. The summed E-state index contributed by atoms with van der Waals surface area (Å²) in [7, 11) is -3.76. The maximum absolute atomic E-state index is 10.6. The number of aliphatic hydroxyl groups is 1. The molecule has 0 bridgehead atoms. The van der Waals surface area contributed by atoms with Gasteiger partial charge < -0.3 is 5.11 Å². The normalized spacial score (nSPS) is 13.1. The molecule has 0 aromatic heterocycles. The lowest BCUT2D eigenvalue weighted by Crippen LogP contribution is -2.05. The standard InChI is InChI=1S/C24H50O4S/c1-2-3-4-15-18-21-24(25)22-19-16-13-11-9-7-5-6-8-10-12-14-17-20-23-29(26,27)28/h24-25H,2-23H2,1H3,(H,26,27,28). The molecule has 176 valence electrons. The lowest BCUT2D eigenvalue weighted by atomic mass is 10.0. The SMILES string of the molecule is CCCCCCCC(O)CCCCCCCCCCCCCCCCS(=O)(=O)O. The largest absolute Gasteiger partial charge is 0.393 e. The Kier molecular flexibility index (Phi) is 21.0. The predicted molar refractivity (Wildman–Crippen MR) is 125 cm³/mol. The number of unbranched alkanes of at least 4 members (excludes halogenated alkanes) is 17. The smallest absolute Gasteiger partial charge is 0.264 e. The fraction of sp³-hybridized carbons (Fsp3) is 1.00. The van der Waals surface area contributed by atoms with Crippen molar-refractivity contribution in [2.24, 2.45) is 0 Å². The maximum atomic E-state index is 10.6. The van der Waals surface area contributed by atoms with Gasteiger partial charge in [0.2, 0.25) is 0 Å². The minimum atomic E-state index is -3.76. The van der Waals surface area contributed by atoms with Gasteiger partial charge in [0, 0.05) is 0 Å². The summed E-state index contributed by atoms with van der Waals surface area (Å²) >= 11 is 0. The average Bonchev–Trinajstić information content (AvgIpc) is 2.66. The first-order chi connectivity index (χ1) is 14.0. The molecule has 0 aliphatic rings. The van der Waals surface area contributed by atoms with E-state index in [2.05, 4.69) is 6.92 Å². The number of hydrogen-bond donors (Lipinski definition) is 2. The van der Waals surface area contributed by atoms with Crippen LogP contribution in [0.25, 0.3) is 0 Å². The van der Waals surface area contributed by atoms with E-state index in [1.165, 1.54) is 103 Å². The summed E-state index contributed by atoms with van der Waals surface area (Å²) in [6.07, 6.45) is 25.0. The van der Waals surface area contributed by atoms with Crippen LogP contribution in [-0.4, -0.2) is 29.9 Å². The Hall–Kier alpha value is -0.130. The highest BCUT2D eigenvalue weighted by atomic mass is 32.2. The van der Waals surface area contributed by atoms with Gasteiger partial charge in [-0.3, -0.25) is 4.55 Å². The van der Waals surface area contributed by atoms with Crippen molar-refractivity contribution in [1.29, 1.82) is 0 Å². The molecule has 4 nitrogen and oxygen atoms in total. The molecule has 29 heavy (non-hydrogen) atoms. The molecule has 1 unspecified atom stereocenters. The molecule has 0 aromatic rings. The van der Waals surface area contributed by atoms with Crippen LogP contribution < -0.4 is 0 Å². The summed E-state index contributed by atoms with van der Waals surface area (Å²) in [4.78, 5) is 0. The second-order valence-electron chi connectivity index (χ2n) is 8.88. The van der Waals surface area contributed by atoms with E-state index in [0.717, 1.165) is 25.7 Å². The van der Waals surface area contributed by atoms with E-state index >= 15 is 0 Å². The predicted octanol–water partition coefficient (Wildman–Crippen LogP) is 7.45. The minimum absolute atomic E-state index is 0.0701. The highest BCUT2D eigenvalue weighted by Gasteiger charge is 2.04. The van der Waals surface area contributed by atoms with Crippen LogP contribution in [0.5, 0.6) is 0 Å². The van der Waals surface area contributed by atoms with Crippen LogP contribution in [0.4, 0.5) is 0 Å². The summed E-state index contributed by atoms with van der Waals surface area (Å²) < 4.78 is 29.9. The van der Waals surface area contributed by atoms with Gasteiger partial charge in [0.05, 0.1) is 11.9 Å². The molecule has 0 amide bonds. The molecule has 0 aliphatic heterocycles. The van der Waals surface area contributed by atoms with Crippen molar-refractivity contribution in [1.82, 2.24) is 0 Å². The lowest BCUT2D eigenvalue weighted by Gasteiger charge is -2.10. The second kappa shape index (κ2) is 21.1. The van der Waals surface area contributed by atoms with Crippen LogP contribution in [0.2, 0.25) is 0 Å². The van der Waals surface area contributed by atoms with Crippen LogP contribution in [0.3, 0.4) is 0 Å². The first kappa shape index (κ1) is 28.9. The second-order valence-corrected chi connectivity index (χ2v) is 10.5. The number of aliphatic hydroxyl groups excluding tert-OH is 1. The quantitative estimate of drug-likeness (QED) is 0.129. The first-order valence-electron chi connectivity index (χ1n) is 12.6. The van der Waals surface area contributed by atoms with Crippen molar-refractivity contribution in [3.63, 3.8) is 0 Å². The van der Waals surface area contributed by atoms with E-state index in [9.17, 15) is 13.5 Å². The zero-order valence-corrected chi connectivity index (χ0v) is 20.1. The molecule has 0 fully saturated rings. The zero-order valence-electron chi connectivity index (χ0n) is 19.3. The van der Waals surface area contributed by atoms with E-state index in [4.69, 9.17) is 4.55 Å². The van der Waals surface area contributed by atoms with Crippen molar-refractivity contribution in [2.45, 2.75) is 148 Å². The Morgan fingerprint density at radius 1 is 0.552 bits per heavy atom. The Labute approximate surface area is 182 Å². The van der Waals surface area contributed by atoms with Gasteiger partial charge in [-0.2, -0.15) is 8.42 Å². The molecule has 0 rings (SSSR count). The molecule has 0 aromatic carbocycles. The third-order valence-electron chi connectivity index (χ3n) is 5.83. The Bertz CT molecular complexity index is 423. The van der Waals surface area contributed by atoms with Crippen molar-refractivity contribution in [3.8, 4) is 0 Å².